The molecule has 0 saturated heterocycles. The van der Waals surface area contributed by atoms with Crippen LogP contribution < -0.4 is 10.1 Å². The summed E-state index contributed by atoms with van der Waals surface area (Å²) in [5.41, 5.74) is 5.28. The van der Waals surface area contributed by atoms with Crippen LogP contribution in [0.5, 0.6) is 5.75 Å². The minimum absolute atomic E-state index is 0.137. The highest BCUT2D eigenvalue weighted by Crippen LogP contribution is 2.41. The lowest BCUT2D eigenvalue weighted by Gasteiger charge is -2.28. The lowest BCUT2D eigenvalue weighted by atomic mass is 9.89. The fourth-order valence-corrected chi connectivity index (χ4v) is 3.05. The summed E-state index contributed by atoms with van der Waals surface area (Å²) in [5, 5.41) is 11.3. The minimum atomic E-state index is -0.991. The maximum absolute atomic E-state index is 10.8. The first-order valence-electron chi connectivity index (χ1n) is 7.72. The molecule has 0 spiro atoms. The van der Waals surface area contributed by atoms with Gasteiger partial charge in [0.1, 0.15) is 5.75 Å². The summed E-state index contributed by atoms with van der Waals surface area (Å²) in [6, 6.07) is 8.14. The van der Waals surface area contributed by atoms with Crippen LogP contribution in [0.15, 0.2) is 30.5 Å². The van der Waals surface area contributed by atoms with Gasteiger partial charge in [-0.15, -0.1) is 0 Å². The molecule has 120 valence electrons. The Kier molecular flexibility index (Phi) is 4.19. The van der Waals surface area contributed by atoms with Crippen molar-refractivity contribution < 1.29 is 14.6 Å². The van der Waals surface area contributed by atoms with Gasteiger partial charge in [0, 0.05) is 29.9 Å². The third-order valence-electron chi connectivity index (χ3n) is 4.23. The SMILES string of the molecule is Cc1cc(-c2cccc3c2OCCC3CNC(=O)O)c(C)cn1. The van der Waals surface area contributed by atoms with Crippen molar-refractivity contribution >= 4 is 6.09 Å². The van der Waals surface area contributed by atoms with Gasteiger partial charge in [0.2, 0.25) is 0 Å². The lowest BCUT2D eigenvalue weighted by molar-refractivity contribution is 0.191. The van der Waals surface area contributed by atoms with E-state index in [9.17, 15) is 4.79 Å². The molecule has 1 aromatic carbocycles. The number of hydrogen-bond donors (Lipinski definition) is 2. The van der Waals surface area contributed by atoms with E-state index in [0.717, 1.165) is 40.1 Å². The zero-order chi connectivity index (χ0) is 16.4. The van der Waals surface area contributed by atoms with Gasteiger partial charge in [-0.05, 0) is 43.0 Å². The minimum Gasteiger partial charge on any atom is -0.493 e. The summed E-state index contributed by atoms with van der Waals surface area (Å²) in [5.74, 6) is 1.00. The van der Waals surface area contributed by atoms with Gasteiger partial charge < -0.3 is 15.2 Å². The Balaban J connectivity index is 2.03. The number of nitrogens with one attached hydrogen (secondary N) is 1. The van der Waals surface area contributed by atoms with Crippen molar-refractivity contribution in [3.63, 3.8) is 0 Å². The average molecular weight is 312 g/mol. The average Bonchev–Trinajstić information content (AvgIpc) is 2.54. The molecule has 0 saturated carbocycles. The number of aryl methyl sites for hydroxylation is 2. The number of carbonyl (C=O) groups is 1. The Morgan fingerprint density at radius 2 is 2.22 bits per heavy atom. The zero-order valence-electron chi connectivity index (χ0n) is 13.3. The number of pyridine rings is 1. The quantitative estimate of drug-likeness (QED) is 0.910. The molecule has 0 bridgehead atoms. The van der Waals surface area contributed by atoms with E-state index >= 15 is 0 Å². The normalized spacial score (nSPS) is 16.3. The first-order chi connectivity index (χ1) is 11.1. The number of aromatic nitrogens is 1. The van der Waals surface area contributed by atoms with Crippen molar-refractivity contribution in [1.29, 1.82) is 0 Å². The second-order valence-corrected chi connectivity index (χ2v) is 5.88. The monoisotopic (exact) mass is 312 g/mol. The van der Waals surface area contributed by atoms with Gasteiger partial charge >= 0.3 is 6.09 Å². The Morgan fingerprint density at radius 3 is 3.00 bits per heavy atom. The summed E-state index contributed by atoms with van der Waals surface area (Å²) >= 11 is 0. The molecular formula is C18H20N2O3. The molecular weight excluding hydrogens is 292 g/mol. The van der Waals surface area contributed by atoms with Gasteiger partial charge in [-0.3, -0.25) is 4.98 Å². The second kappa shape index (κ2) is 6.28. The van der Waals surface area contributed by atoms with Crippen LogP contribution in [-0.2, 0) is 0 Å². The van der Waals surface area contributed by atoms with Gasteiger partial charge in [0.05, 0.1) is 6.61 Å². The van der Waals surface area contributed by atoms with Crippen molar-refractivity contribution in [2.75, 3.05) is 13.2 Å². The van der Waals surface area contributed by atoms with Crippen molar-refractivity contribution in [2.24, 2.45) is 0 Å². The molecule has 2 aromatic rings. The highest BCUT2D eigenvalue weighted by molar-refractivity contribution is 5.75. The van der Waals surface area contributed by atoms with Gasteiger partial charge in [-0.2, -0.15) is 0 Å². The summed E-state index contributed by atoms with van der Waals surface area (Å²) < 4.78 is 5.95. The van der Waals surface area contributed by atoms with Crippen LogP contribution in [-0.4, -0.2) is 29.3 Å². The van der Waals surface area contributed by atoms with Gasteiger partial charge in [-0.1, -0.05) is 18.2 Å². The van der Waals surface area contributed by atoms with Crippen molar-refractivity contribution in [3.05, 3.63) is 47.3 Å². The molecule has 1 amide bonds. The van der Waals surface area contributed by atoms with Crippen molar-refractivity contribution in [3.8, 4) is 16.9 Å². The van der Waals surface area contributed by atoms with E-state index in [1.807, 2.05) is 38.2 Å². The van der Waals surface area contributed by atoms with Crippen molar-refractivity contribution in [2.45, 2.75) is 26.2 Å². The molecule has 2 N–H and O–H groups in total. The highest BCUT2D eigenvalue weighted by atomic mass is 16.5. The number of rotatable bonds is 3. The summed E-state index contributed by atoms with van der Waals surface area (Å²) in [6.07, 6.45) is 1.69. The van der Waals surface area contributed by atoms with E-state index in [1.54, 1.807) is 0 Å². The third kappa shape index (κ3) is 3.13. The highest BCUT2D eigenvalue weighted by Gasteiger charge is 2.25. The lowest BCUT2D eigenvalue weighted by Crippen LogP contribution is -2.29. The fourth-order valence-electron chi connectivity index (χ4n) is 3.05. The molecule has 5 nitrogen and oxygen atoms in total. The molecule has 0 fully saturated rings. The number of para-hydroxylation sites is 1. The number of carboxylic acid groups (broad SMARTS) is 1. The van der Waals surface area contributed by atoms with E-state index in [-0.39, 0.29) is 5.92 Å². The zero-order valence-corrected chi connectivity index (χ0v) is 13.3. The molecule has 1 atom stereocenters. The number of ether oxygens (including phenoxy) is 1. The molecule has 1 aromatic heterocycles. The smallest absolute Gasteiger partial charge is 0.404 e. The largest absolute Gasteiger partial charge is 0.493 e. The van der Waals surface area contributed by atoms with Crippen LogP contribution >= 0.6 is 0 Å². The third-order valence-corrected chi connectivity index (χ3v) is 4.23. The standard InChI is InChI=1S/C18H20N2O3/c1-11-9-19-12(2)8-16(11)15-5-3-4-14-13(10-20-18(21)22)6-7-23-17(14)15/h3-5,8-9,13,20H,6-7,10H2,1-2H3,(H,21,22). The molecule has 1 aliphatic heterocycles. The molecule has 0 aliphatic carbocycles. The van der Waals surface area contributed by atoms with Gasteiger partial charge in [0.15, 0.2) is 0 Å². The Bertz CT molecular complexity index is 743. The Morgan fingerprint density at radius 1 is 1.39 bits per heavy atom. The van der Waals surface area contributed by atoms with Gasteiger partial charge in [0.25, 0.3) is 0 Å². The van der Waals surface area contributed by atoms with E-state index in [2.05, 4.69) is 16.4 Å². The van der Waals surface area contributed by atoms with Crippen LogP contribution in [0, 0.1) is 13.8 Å². The molecule has 23 heavy (non-hydrogen) atoms. The Labute approximate surface area is 135 Å². The first-order valence-corrected chi connectivity index (χ1v) is 7.72. The van der Waals surface area contributed by atoms with Crippen LogP contribution in [0.4, 0.5) is 4.79 Å². The predicted octanol–water partition coefficient (Wildman–Crippen LogP) is 3.50. The summed E-state index contributed by atoms with van der Waals surface area (Å²) in [7, 11) is 0. The first kappa shape index (κ1) is 15.3. The predicted molar refractivity (Wildman–Crippen MR) is 88.0 cm³/mol. The molecule has 3 rings (SSSR count). The maximum Gasteiger partial charge on any atom is 0.404 e. The molecule has 0 radical (unpaired) electrons. The van der Waals surface area contributed by atoms with Gasteiger partial charge in [-0.25, -0.2) is 4.79 Å². The van der Waals surface area contributed by atoms with Crippen LogP contribution in [0.2, 0.25) is 0 Å². The molecule has 2 heterocycles. The van der Waals surface area contributed by atoms with Crippen LogP contribution in [0.3, 0.4) is 0 Å². The summed E-state index contributed by atoms with van der Waals surface area (Å²) in [4.78, 5) is 15.1. The maximum atomic E-state index is 10.8. The topological polar surface area (TPSA) is 71.5 Å². The van der Waals surface area contributed by atoms with E-state index in [0.29, 0.717) is 13.2 Å². The van der Waals surface area contributed by atoms with Crippen molar-refractivity contribution in [1.82, 2.24) is 10.3 Å². The van der Waals surface area contributed by atoms with E-state index in [1.165, 1.54) is 0 Å². The molecule has 1 aliphatic rings. The van der Waals surface area contributed by atoms with Crippen LogP contribution in [0.1, 0.15) is 29.2 Å². The van der Waals surface area contributed by atoms with E-state index in [4.69, 9.17) is 9.84 Å². The fraction of sp³-hybridized carbons (Fsp3) is 0.333. The van der Waals surface area contributed by atoms with Crippen LogP contribution in [0.25, 0.3) is 11.1 Å². The van der Waals surface area contributed by atoms with E-state index < -0.39 is 6.09 Å². The number of fused-ring (bicyclic) bond motifs is 1. The summed E-state index contributed by atoms with van der Waals surface area (Å²) in [6.45, 7) is 5.01. The second-order valence-electron chi connectivity index (χ2n) is 5.88. The number of nitrogens with zero attached hydrogens (tertiary/aromatic N) is 1. The molecule has 1 unspecified atom stereocenters. The number of amides is 1. The Hall–Kier alpha value is -2.56. The molecule has 5 heteroatoms. The number of benzene rings is 1. The number of hydrogen-bond acceptors (Lipinski definition) is 3.